The van der Waals surface area contributed by atoms with Crippen LogP contribution in [0.4, 0.5) is 0 Å². The van der Waals surface area contributed by atoms with Crippen LogP contribution >= 0.6 is 22.7 Å². The Morgan fingerprint density at radius 3 is 2.37 bits per heavy atom. The summed E-state index contributed by atoms with van der Waals surface area (Å²) in [5.74, 6) is 0.468. The first-order valence-corrected chi connectivity index (χ1v) is 12.4. The van der Waals surface area contributed by atoms with Gasteiger partial charge in [0.1, 0.15) is 0 Å². The van der Waals surface area contributed by atoms with Crippen molar-refractivity contribution in [1.29, 1.82) is 0 Å². The monoisotopic (exact) mass is 422 g/mol. The average molecular weight is 423 g/mol. The Morgan fingerprint density at radius 1 is 0.767 bits per heavy atom. The summed E-state index contributed by atoms with van der Waals surface area (Å²) < 4.78 is 0. The third-order valence-electron chi connectivity index (χ3n) is 6.39. The van der Waals surface area contributed by atoms with Crippen molar-refractivity contribution in [3.05, 3.63) is 111 Å². The maximum absolute atomic E-state index is 2.48. The van der Waals surface area contributed by atoms with Gasteiger partial charge in [-0.05, 0) is 75.2 Å². The number of thiophene rings is 2. The summed E-state index contributed by atoms with van der Waals surface area (Å²) in [4.78, 5) is 2.74. The molecule has 2 heterocycles. The minimum Gasteiger partial charge on any atom is -0.144 e. The molecule has 0 spiro atoms. The first kappa shape index (κ1) is 18.1. The number of hydrogen-bond donors (Lipinski definition) is 0. The molecular formula is C28H22S2. The molecule has 2 aliphatic carbocycles. The van der Waals surface area contributed by atoms with Gasteiger partial charge in [0.25, 0.3) is 0 Å². The minimum absolute atomic E-state index is 0.468. The number of allylic oxidation sites excluding steroid dienone is 6. The Morgan fingerprint density at radius 2 is 1.57 bits per heavy atom. The standard InChI is InChI=1S/C28H22S2/c1-3-9-21-19(7-1)23(13-15-25(21)27-11-5-17-29-27)24-14-16-26(28-12-6-18-30-28)22-10-4-2-8-20(22)24/h1,3-7,9-13,15-18,24H,2,8,14H2. The molecule has 1 unspecified atom stereocenters. The molecular weight excluding hydrogens is 400 g/mol. The summed E-state index contributed by atoms with van der Waals surface area (Å²) in [6, 6.07) is 22.5. The molecule has 2 aromatic carbocycles. The second-order valence-corrected chi connectivity index (χ2v) is 9.88. The van der Waals surface area contributed by atoms with Crippen LogP contribution in [0.5, 0.6) is 0 Å². The molecule has 2 heteroatoms. The van der Waals surface area contributed by atoms with Gasteiger partial charge in [0.15, 0.2) is 0 Å². The van der Waals surface area contributed by atoms with Gasteiger partial charge in [-0.2, -0.15) is 0 Å². The van der Waals surface area contributed by atoms with Crippen molar-refractivity contribution in [2.45, 2.75) is 25.2 Å². The third kappa shape index (κ3) is 2.94. The molecule has 0 nitrogen and oxygen atoms in total. The van der Waals surface area contributed by atoms with Crippen LogP contribution < -0.4 is 0 Å². The number of rotatable bonds is 3. The van der Waals surface area contributed by atoms with E-state index in [-0.39, 0.29) is 0 Å². The van der Waals surface area contributed by atoms with E-state index < -0.39 is 0 Å². The fourth-order valence-corrected chi connectivity index (χ4v) is 6.59. The van der Waals surface area contributed by atoms with E-state index in [2.05, 4.69) is 89.7 Å². The SMILES string of the molecule is C1=CC2=C(CC1)C(c1ccc(-c3cccs3)c3ccccc13)CC=C2c1cccs1. The number of fused-ring (bicyclic) bond motifs is 1. The van der Waals surface area contributed by atoms with Crippen LogP contribution in [0.1, 0.15) is 35.6 Å². The summed E-state index contributed by atoms with van der Waals surface area (Å²) in [6.07, 6.45) is 10.6. The van der Waals surface area contributed by atoms with Crippen molar-refractivity contribution in [1.82, 2.24) is 0 Å². The maximum Gasteiger partial charge on any atom is 0.0348 e. The molecule has 2 aliphatic rings. The van der Waals surface area contributed by atoms with Crippen LogP contribution in [0.25, 0.3) is 26.8 Å². The van der Waals surface area contributed by atoms with E-state index in [0.29, 0.717) is 5.92 Å². The molecule has 0 aliphatic heterocycles. The summed E-state index contributed by atoms with van der Waals surface area (Å²) in [7, 11) is 0. The summed E-state index contributed by atoms with van der Waals surface area (Å²) in [5.41, 5.74) is 7.36. The van der Waals surface area contributed by atoms with Gasteiger partial charge >= 0.3 is 0 Å². The molecule has 0 bridgehead atoms. The highest BCUT2D eigenvalue weighted by Gasteiger charge is 2.28. The third-order valence-corrected chi connectivity index (χ3v) is 8.19. The normalized spacial score (nSPS) is 18.5. The lowest BCUT2D eigenvalue weighted by Crippen LogP contribution is -2.12. The smallest absolute Gasteiger partial charge is 0.0348 e. The summed E-state index contributed by atoms with van der Waals surface area (Å²) >= 11 is 3.67. The van der Waals surface area contributed by atoms with Crippen molar-refractivity contribution in [3.8, 4) is 10.4 Å². The lowest BCUT2D eigenvalue weighted by molar-refractivity contribution is 0.735. The quantitative estimate of drug-likeness (QED) is 0.309. The van der Waals surface area contributed by atoms with Crippen LogP contribution in [-0.2, 0) is 0 Å². The molecule has 6 rings (SSSR count). The van der Waals surface area contributed by atoms with E-state index >= 15 is 0 Å². The predicted molar refractivity (Wildman–Crippen MR) is 132 cm³/mol. The van der Waals surface area contributed by atoms with Crippen LogP contribution in [0, 0.1) is 0 Å². The highest BCUT2D eigenvalue weighted by atomic mass is 32.1. The van der Waals surface area contributed by atoms with E-state index in [1.807, 2.05) is 22.7 Å². The molecule has 1 atom stereocenters. The Balaban J connectivity index is 1.51. The van der Waals surface area contributed by atoms with E-state index in [0.717, 1.165) is 12.8 Å². The van der Waals surface area contributed by atoms with Crippen LogP contribution in [-0.4, -0.2) is 0 Å². The largest absolute Gasteiger partial charge is 0.144 e. The van der Waals surface area contributed by atoms with Gasteiger partial charge in [-0.3, -0.25) is 0 Å². The van der Waals surface area contributed by atoms with Gasteiger partial charge in [-0.1, -0.05) is 72.3 Å². The molecule has 0 fully saturated rings. The second kappa shape index (κ2) is 7.54. The van der Waals surface area contributed by atoms with Crippen molar-refractivity contribution in [3.63, 3.8) is 0 Å². The molecule has 146 valence electrons. The Labute approximate surface area is 185 Å². The van der Waals surface area contributed by atoms with Crippen molar-refractivity contribution in [2.75, 3.05) is 0 Å². The molecule has 0 amide bonds. The minimum atomic E-state index is 0.468. The number of benzene rings is 2. The van der Waals surface area contributed by atoms with Crippen molar-refractivity contribution in [2.24, 2.45) is 0 Å². The highest BCUT2D eigenvalue weighted by molar-refractivity contribution is 7.13. The van der Waals surface area contributed by atoms with Gasteiger partial charge < -0.3 is 0 Å². The Kier molecular flexibility index (Phi) is 4.55. The van der Waals surface area contributed by atoms with E-state index in [9.17, 15) is 0 Å². The van der Waals surface area contributed by atoms with Gasteiger partial charge in [0.2, 0.25) is 0 Å². The van der Waals surface area contributed by atoms with Crippen molar-refractivity contribution < 1.29 is 0 Å². The molecule has 4 aromatic rings. The summed E-state index contributed by atoms with van der Waals surface area (Å²) in [5, 5.41) is 7.13. The predicted octanol–water partition coefficient (Wildman–Crippen LogP) is 8.85. The van der Waals surface area contributed by atoms with Crippen LogP contribution in [0.3, 0.4) is 0 Å². The molecule has 0 radical (unpaired) electrons. The first-order chi connectivity index (χ1) is 14.9. The molecule has 0 saturated carbocycles. The van der Waals surface area contributed by atoms with Gasteiger partial charge in [-0.25, -0.2) is 0 Å². The zero-order chi connectivity index (χ0) is 19.9. The molecule has 2 aromatic heterocycles. The zero-order valence-corrected chi connectivity index (χ0v) is 18.3. The van der Waals surface area contributed by atoms with Crippen molar-refractivity contribution >= 4 is 39.0 Å². The Bertz CT molecular complexity index is 1300. The molecule has 0 saturated heterocycles. The fraction of sp³-hybridized carbons (Fsp3) is 0.143. The molecule has 0 N–H and O–H groups in total. The highest BCUT2D eigenvalue weighted by Crippen LogP contribution is 2.47. The topological polar surface area (TPSA) is 0 Å². The fourth-order valence-electron chi connectivity index (χ4n) is 5.05. The van der Waals surface area contributed by atoms with Crippen LogP contribution in [0.2, 0.25) is 0 Å². The van der Waals surface area contributed by atoms with E-state index in [1.54, 1.807) is 5.57 Å². The Hall–Kier alpha value is -2.68. The lowest BCUT2D eigenvalue weighted by Gasteiger charge is -2.31. The van der Waals surface area contributed by atoms with E-state index in [1.165, 1.54) is 49.2 Å². The maximum atomic E-state index is 2.48. The molecule has 30 heavy (non-hydrogen) atoms. The average Bonchev–Trinajstić information content (AvgIpc) is 3.52. The zero-order valence-electron chi connectivity index (χ0n) is 16.7. The second-order valence-electron chi connectivity index (χ2n) is 7.99. The number of hydrogen-bond acceptors (Lipinski definition) is 2. The van der Waals surface area contributed by atoms with Gasteiger partial charge in [-0.15, -0.1) is 22.7 Å². The van der Waals surface area contributed by atoms with Gasteiger partial charge in [0.05, 0.1) is 0 Å². The van der Waals surface area contributed by atoms with E-state index in [4.69, 9.17) is 0 Å². The summed E-state index contributed by atoms with van der Waals surface area (Å²) in [6.45, 7) is 0. The lowest BCUT2D eigenvalue weighted by atomic mass is 9.74. The first-order valence-electron chi connectivity index (χ1n) is 10.6. The van der Waals surface area contributed by atoms with Crippen LogP contribution in [0.15, 0.2) is 101 Å². The van der Waals surface area contributed by atoms with Gasteiger partial charge in [0, 0.05) is 15.7 Å².